The SMILES string of the molecule is C=C/C=N\C(=C(/C)OC)[C@H](O)c1cc(-c2ncnc3cc(N4CCOCC4)ccc23)c(F)cc1OC. The van der Waals surface area contributed by atoms with E-state index in [2.05, 4.69) is 26.4 Å². The molecule has 0 saturated carbocycles. The molecule has 1 aromatic heterocycles. The van der Waals surface area contributed by atoms with Gasteiger partial charge < -0.3 is 24.2 Å². The van der Waals surface area contributed by atoms with Gasteiger partial charge in [-0.15, -0.1) is 0 Å². The highest BCUT2D eigenvalue weighted by molar-refractivity contribution is 5.94. The van der Waals surface area contributed by atoms with E-state index in [-0.39, 0.29) is 17.0 Å². The van der Waals surface area contributed by atoms with Gasteiger partial charge in [-0.05, 0) is 31.2 Å². The smallest absolute Gasteiger partial charge is 0.136 e. The molecule has 36 heavy (non-hydrogen) atoms. The summed E-state index contributed by atoms with van der Waals surface area (Å²) in [5.74, 6) is 0.0345. The monoisotopic (exact) mass is 492 g/mol. The molecule has 0 amide bonds. The summed E-state index contributed by atoms with van der Waals surface area (Å²) < 4.78 is 31.5. The number of anilines is 1. The highest BCUT2D eigenvalue weighted by Crippen LogP contribution is 2.38. The molecule has 0 bridgehead atoms. The molecule has 4 rings (SSSR count). The number of rotatable bonds is 8. The third kappa shape index (κ3) is 5.07. The third-order valence-corrected chi connectivity index (χ3v) is 6.11. The van der Waals surface area contributed by atoms with Gasteiger partial charge in [-0.1, -0.05) is 12.7 Å². The van der Waals surface area contributed by atoms with Gasteiger partial charge in [-0.2, -0.15) is 0 Å². The molecule has 0 radical (unpaired) electrons. The molecule has 8 nitrogen and oxygen atoms in total. The Morgan fingerprint density at radius 1 is 1.22 bits per heavy atom. The van der Waals surface area contributed by atoms with Crippen LogP contribution in [0.15, 0.2) is 65.8 Å². The Morgan fingerprint density at radius 3 is 2.69 bits per heavy atom. The first kappa shape index (κ1) is 25.3. The van der Waals surface area contributed by atoms with Gasteiger partial charge in [-0.25, -0.2) is 14.4 Å². The zero-order valence-electron chi connectivity index (χ0n) is 20.6. The molecule has 2 aromatic carbocycles. The maximum Gasteiger partial charge on any atom is 0.136 e. The number of ether oxygens (including phenoxy) is 3. The predicted octanol–water partition coefficient (Wildman–Crippen LogP) is 4.45. The van der Waals surface area contributed by atoms with Gasteiger partial charge in [0.25, 0.3) is 0 Å². The van der Waals surface area contributed by atoms with Crippen molar-refractivity contribution in [2.45, 2.75) is 13.0 Å². The first-order valence-corrected chi connectivity index (χ1v) is 11.5. The average molecular weight is 493 g/mol. The molecular formula is C27H29FN4O4. The number of fused-ring (bicyclic) bond motifs is 1. The van der Waals surface area contributed by atoms with E-state index >= 15 is 4.39 Å². The lowest BCUT2D eigenvalue weighted by Crippen LogP contribution is -2.36. The molecule has 188 valence electrons. The Kier molecular flexibility index (Phi) is 7.92. The fraction of sp³-hybridized carbons (Fsp3) is 0.296. The van der Waals surface area contributed by atoms with Gasteiger partial charge in [0.2, 0.25) is 0 Å². The summed E-state index contributed by atoms with van der Waals surface area (Å²) in [6.07, 6.45) is 3.09. The molecule has 0 unspecified atom stereocenters. The molecule has 1 aliphatic heterocycles. The minimum absolute atomic E-state index is 0.173. The number of aliphatic imine (C=N–C) groups is 1. The number of aliphatic hydroxyl groups excluding tert-OH is 1. The van der Waals surface area contributed by atoms with E-state index in [4.69, 9.17) is 14.2 Å². The Bertz CT molecular complexity index is 1320. The normalized spacial score (nSPS) is 15.6. The van der Waals surface area contributed by atoms with Gasteiger partial charge in [0, 0.05) is 47.6 Å². The quantitative estimate of drug-likeness (QED) is 0.367. The number of morpholine rings is 1. The van der Waals surface area contributed by atoms with Crippen molar-refractivity contribution in [3.05, 3.63) is 72.2 Å². The lowest BCUT2D eigenvalue weighted by atomic mass is 9.98. The maximum atomic E-state index is 15.4. The first-order valence-electron chi connectivity index (χ1n) is 11.5. The summed E-state index contributed by atoms with van der Waals surface area (Å²) in [6, 6.07) is 8.61. The van der Waals surface area contributed by atoms with E-state index in [1.54, 1.807) is 6.92 Å². The van der Waals surface area contributed by atoms with Crippen LogP contribution < -0.4 is 9.64 Å². The number of methoxy groups -OCH3 is 2. The van der Waals surface area contributed by atoms with Gasteiger partial charge in [0.05, 0.1) is 38.6 Å². The molecule has 1 fully saturated rings. The number of aliphatic hydroxyl groups is 1. The highest BCUT2D eigenvalue weighted by Gasteiger charge is 2.24. The number of halogens is 1. The second-order valence-corrected chi connectivity index (χ2v) is 8.16. The Labute approximate surface area is 209 Å². The van der Waals surface area contributed by atoms with Gasteiger partial charge in [-0.3, -0.25) is 4.99 Å². The summed E-state index contributed by atoms with van der Waals surface area (Å²) in [4.78, 5) is 15.3. The van der Waals surface area contributed by atoms with E-state index in [0.717, 1.165) is 18.8 Å². The van der Waals surface area contributed by atoms with Crippen LogP contribution in [0.25, 0.3) is 22.2 Å². The van der Waals surface area contributed by atoms with Crippen molar-refractivity contribution in [3.8, 4) is 17.0 Å². The summed E-state index contributed by atoms with van der Waals surface area (Å²) in [6.45, 7) is 8.23. The Balaban J connectivity index is 1.83. The molecule has 0 spiro atoms. The zero-order chi connectivity index (χ0) is 25.7. The van der Waals surface area contributed by atoms with Crippen molar-refractivity contribution in [3.63, 3.8) is 0 Å². The molecule has 1 saturated heterocycles. The fourth-order valence-electron chi connectivity index (χ4n) is 4.16. The van der Waals surface area contributed by atoms with Gasteiger partial charge >= 0.3 is 0 Å². The van der Waals surface area contributed by atoms with Crippen molar-refractivity contribution in [2.75, 3.05) is 45.4 Å². The van der Waals surface area contributed by atoms with Crippen LogP contribution in [0.1, 0.15) is 18.6 Å². The van der Waals surface area contributed by atoms with E-state index in [9.17, 15) is 5.11 Å². The van der Waals surface area contributed by atoms with E-state index in [1.807, 2.05) is 18.2 Å². The summed E-state index contributed by atoms with van der Waals surface area (Å²) >= 11 is 0. The van der Waals surface area contributed by atoms with Crippen molar-refractivity contribution in [2.24, 2.45) is 4.99 Å². The van der Waals surface area contributed by atoms with Crippen molar-refractivity contribution < 1.29 is 23.7 Å². The van der Waals surface area contributed by atoms with E-state index < -0.39 is 11.9 Å². The molecule has 1 N–H and O–H groups in total. The van der Waals surface area contributed by atoms with Crippen LogP contribution in [0.5, 0.6) is 5.75 Å². The molecule has 1 aliphatic rings. The van der Waals surface area contributed by atoms with Gasteiger partial charge in [0.1, 0.15) is 35.5 Å². The van der Waals surface area contributed by atoms with Crippen LogP contribution in [-0.2, 0) is 9.47 Å². The third-order valence-electron chi connectivity index (χ3n) is 6.11. The minimum Gasteiger partial charge on any atom is -0.499 e. The van der Waals surface area contributed by atoms with Gasteiger partial charge in [0.15, 0.2) is 0 Å². The lowest BCUT2D eigenvalue weighted by molar-refractivity contribution is 0.122. The van der Waals surface area contributed by atoms with Crippen molar-refractivity contribution >= 4 is 22.8 Å². The molecule has 9 heteroatoms. The van der Waals surface area contributed by atoms with Crippen LogP contribution in [0.3, 0.4) is 0 Å². The molecule has 1 atom stereocenters. The number of benzene rings is 2. The largest absolute Gasteiger partial charge is 0.499 e. The first-order chi connectivity index (χ1) is 17.5. The van der Waals surface area contributed by atoms with Crippen LogP contribution >= 0.6 is 0 Å². The van der Waals surface area contributed by atoms with Crippen LogP contribution in [0.4, 0.5) is 10.1 Å². The number of nitrogens with zero attached hydrogens (tertiary/aromatic N) is 4. The standard InChI is InChI=1S/C27H29FN4O4/c1-5-8-29-25(17(2)34-3)27(33)21-14-20(22(28)15-24(21)35-4)26-19-7-6-18(13-23(19)30-16-31-26)32-9-11-36-12-10-32/h5-8,13-16,27,33H,1,9-12H2,2-4H3/b25-17+,29-8-/t27-/m1/s1. The lowest BCUT2D eigenvalue weighted by Gasteiger charge is -2.29. The highest BCUT2D eigenvalue weighted by atomic mass is 19.1. The second kappa shape index (κ2) is 11.3. The summed E-state index contributed by atoms with van der Waals surface area (Å²) in [5, 5.41) is 11.9. The number of hydrogen-bond donors (Lipinski definition) is 1. The zero-order valence-corrected chi connectivity index (χ0v) is 20.6. The van der Waals surface area contributed by atoms with E-state index in [1.165, 1.54) is 45.0 Å². The second-order valence-electron chi connectivity index (χ2n) is 8.16. The van der Waals surface area contributed by atoms with Crippen LogP contribution in [0, 0.1) is 5.82 Å². The van der Waals surface area contributed by atoms with E-state index in [0.29, 0.717) is 41.1 Å². The predicted molar refractivity (Wildman–Crippen MR) is 138 cm³/mol. The molecular weight excluding hydrogens is 463 g/mol. The van der Waals surface area contributed by atoms with Crippen molar-refractivity contribution in [1.82, 2.24) is 9.97 Å². The Hall–Kier alpha value is -3.82. The fourth-order valence-corrected chi connectivity index (χ4v) is 4.16. The van der Waals surface area contributed by atoms with Crippen LogP contribution in [-0.4, -0.2) is 61.8 Å². The average Bonchev–Trinajstić information content (AvgIpc) is 2.92. The molecule has 0 aliphatic carbocycles. The number of aromatic nitrogens is 2. The maximum absolute atomic E-state index is 15.4. The topological polar surface area (TPSA) is 89.3 Å². The van der Waals surface area contributed by atoms with Crippen molar-refractivity contribution in [1.29, 1.82) is 0 Å². The van der Waals surface area contributed by atoms with Crippen LogP contribution in [0.2, 0.25) is 0 Å². The number of hydrogen-bond acceptors (Lipinski definition) is 8. The summed E-state index contributed by atoms with van der Waals surface area (Å²) in [5.41, 5.74) is 2.89. The number of allylic oxidation sites excluding steroid dienone is 2. The minimum atomic E-state index is -1.25. The Morgan fingerprint density at radius 2 is 2.00 bits per heavy atom. The molecule has 2 heterocycles. The summed E-state index contributed by atoms with van der Waals surface area (Å²) in [7, 11) is 2.90. The molecule has 3 aromatic rings.